The fourth-order valence-corrected chi connectivity index (χ4v) is 3.40. The molecule has 0 saturated heterocycles. The van der Waals surface area contributed by atoms with Crippen LogP contribution in [-0.4, -0.2) is 23.6 Å². The summed E-state index contributed by atoms with van der Waals surface area (Å²) in [5, 5.41) is 6.25. The van der Waals surface area contributed by atoms with Crippen molar-refractivity contribution in [3.05, 3.63) is 35.4 Å². The highest BCUT2D eigenvalue weighted by Gasteiger charge is 2.20. The number of aryl methyl sites for hydroxylation is 2. The van der Waals surface area contributed by atoms with Gasteiger partial charge in [0.1, 0.15) is 12.2 Å². The van der Waals surface area contributed by atoms with Crippen LogP contribution in [0.25, 0.3) is 0 Å². The summed E-state index contributed by atoms with van der Waals surface area (Å²) in [6.45, 7) is 3.49. The Kier molecular flexibility index (Phi) is 3.54. The number of nitrogens with two attached hydrogens (primary N) is 1. The van der Waals surface area contributed by atoms with Gasteiger partial charge in [0.05, 0.1) is 11.4 Å². The van der Waals surface area contributed by atoms with Gasteiger partial charge in [-0.1, -0.05) is 0 Å². The van der Waals surface area contributed by atoms with E-state index in [-0.39, 0.29) is 11.4 Å². The molecule has 0 atom stereocenters. The molecule has 0 fully saturated rings. The van der Waals surface area contributed by atoms with Gasteiger partial charge in [0.2, 0.25) is 10.0 Å². The molecule has 0 aliphatic carbocycles. The maximum absolute atomic E-state index is 12.3. The Morgan fingerprint density at radius 3 is 2.47 bits per heavy atom. The summed E-state index contributed by atoms with van der Waals surface area (Å²) in [4.78, 5) is 4.11. The molecule has 102 valence electrons. The second kappa shape index (κ2) is 4.98. The molecule has 0 unspecified atom stereocenters. The first kappa shape index (κ1) is 13.5. The Hall–Kier alpha value is -1.93. The lowest BCUT2D eigenvalue weighted by Gasteiger charge is -2.12. The molecule has 0 amide bonds. The lowest BCUT2D eigenvalue weighted by atomic mass is 10.1. The van der Waals surface area contributed by atoms with Crippen LogP contribution in [0.4, 0.5) is 5.69 Å². The standard InChI is InChI=1S/C11H15N5O2S/c1-7-3-9(12)4-8(2)11(7)19(17,18)15-5-10-13-6-14-16-10/h3-4,6,15H,5,12H2,1-2H3,(H,13,14,16). The van der Waals surface area contributed by atoms with E-state index < -0.39 is 10.0 Å². The first-order chi connectivity index (χ1) is 8.90. The van der Waals surface area contributed by atoms with Crippen LogP contribution in [0.1, 0.15) is 17.0 Å². The molecule has 2 aromatic rings. The highest BCUT2D eigenvalue weighted by Crippen LogP contribution is 2.22. The van der Waals surface area contributed by atoms with Crippen LogP contribution in [0.15, 0.2) is 23.4 Å². The van der Waals surface area contributed by atoms with E-state index in [9.17, 15) is 8.42 Å². The van der Waals surface area contributed by atoms with E-state index in [0.29, 0.717) is 22.6 Å². The van der Waals surface area contributed by atoms with Crippen molar-refractivity contribution in [1.82, 2.24) is 19.9 Å². The van der Waals surface area contributed by atoms with E-state index in [0.717, 1.165) is 0 Å². The van der Waals surface area contributed by atoms with Gasteiger partial charge in [0.25, 0.3) is 0 Å². The number of aromatic amines is 1. The van der Waals surface area contributed by atoms with E-state index in [1.807, 2.05) is 0 Å². The summed E-state index contributed by atoms with van der Waals surface area (Å²) in [6, 6.07) is 3.27. The van der Waals surface area contributed by atoms with E-state index in [4.69, 9.17) is 5.73 Å². The number of sulfonamides is 1. The summed E-state index contributed by atoms with van der Waals surface area (Å²) in [6.07, 6.45) is 1.32. The van der Waals surface area contributed by atoms with Gasteiger partial charge in [0.15, 0.2) is 0 Å². The van der Waals surface area contributed by atoms with Crippen LogP contribution in [0, 0.1) is 13.8 Å². The molecule has 1 aromatic carbocycles. The fourth-order valence-electron chi connectivity index (χ4n) is 1.96. The topological polar surface area (TPSA) is 114 Å². The predicted octanol–water partition coefficient (Wildman–Crippen LogP) is 0.482. The third kappa shape index (κ3) is 2.91. The minimum absolute atomic E-state index is 0.0611. The maximum Gasteiger partial charge on any atom is 0.241 e. The number of hydrogen-bond acceptors (Lipinski definition) is 5. The van der Waals surface area contributed by atoms with Crippen molar-refractivity contribution in [2.45, 2.75) is 25.3 Å². The predicted molar refractivity (Wildman–Crippen MR) is 70.7 cm³/mol. The number of rotatable bonds is 4. The van der Waals surface area contributed by atoms with Gasteiger partial charge in [-0.05, 0) is 37.1 Å². The molecule has 19 heavy (non-hydrogen) atoms. The van der Waals surface area contributed by atoms with Crippen molar-refractivity contribution in [3.8, 4) is 0 Å². The second-order valence-electron chi connectivity index (χ2n) is 4.24. The van der Waals surface area contributed by atoms with Gasteiger partial charge >= 0.3 is 0 Å². The molecule has 0 saturated carbocycles. The Bertz CT molecular complexity index is 656. The molecule has 0 aliphatic rings. The van der Waals surface area contributed by atoms with Crippen molar-refractivity contribution < 1.29 is 8.42 Å². The maximum atomic E-state index is 12.3. The molecular formula is C11H15N5O2S. The molecule has 7 nitrogen and oxygen atoms in total. The number of benzene rings is 1. The number of nitrogen functional groups attached to an aromatic ring is 1. The average molecular weight is 281 g/mol. The zero-order chi connectivity index (χ0) is 14.0. The number of hydrogen-bond donors (Lipinski definition) is 3. The van der Waals surface area contributed by atoms with Crippen LogP contribution in [0.2, 0.25) is 0 Å². The molecule has 1 heterocycles. The van der Waals surface area contributed by atoms with Crippen LogP contribution in [-0.2, 0) is 16.6 Å². The normalized spacial score (nSPS) is 11.7. The van der Waals surface area contributed by atoms with Crippen molar-refractivity contribution in [2.24, 2.45) is 0 Å². The van der Waals surface area contributed by atoms with E-state index >= 15 is 0 Å². The number of aromatic nitrogens is 3. The minimum Gasteiger partial charge on any atom is -0.399 e. The van der Waals surface area contributed by atoms with Crippen molar-refractivity contribution in [1.29, 1.82) is 0 Å². The summed E-state index contributed by atoms with van der Waals surface area (Å²) in [5.74, 6) is 0.453. The first-order valence-electron chi connectivity index (χ1n) is 5.61. The third-order valence-corrected chi connectivity index (χ3v) is 4.35. The molecule has 1 aromatic heterocycles. The van der Waals surface area contributed by atoms with Gasteiger partial charge in [-0.3, -0.25) is 5.10 Å². The lowest BCUT2D eigenvalue weighted by molar-refractivity contribution is 0.578. The van der Waals surface area contributed by atoms with Crippen molar-refractivity contribution in [3.63, 3.8) is 0 Å². The molecule has 2 rings (SSSR count). The summed E-state index contributed by atoms with van der Waals surface area (Å²) in [5.41, 5.74) is 7.46. The number of H-pyrrole nitrogens is 1. The van der Waals surface area contributed by atoms with Crippen molar-refractivity contribution >= 4 is 15.7 Å². The Labute approximate surface area is 111 Å². The van der Waals surface area contributed by atoms with Gasteiger partial charge in [0, 0.05) is 5.69 Å². The quantitative estimate of drug-likeness (QED) is 0.705. The monoisotopic (exact) mass is 281 g/mol. The van der Waals surface area contributed by atoms with Crippen LogP contribution >= 0.6 is 0 Å². The van der Waals surface area contributed by atoms with Gasteiger partial charge in [-0.25, -0.2) is 18.1 Å². The van der Waals surface area contributed by atoms with Gasteiger partial charge in [-0.15, -0.1) is 0 Å². The van der Waals surface area contributed by atoms with Crippen molar-refractivity contribution in [2.75, 3.05) is 5.73 Å². The lowest BCUT2D eigenvalue weighted by Crippen LogP contribution is -2.25. The highest BCUT2D eigenvalue weighted by atomic mass is 32.2. The molecule has 8 heteroatoms. The average Bonchev–Trinajstić information content (AvgIpc) is 2.77. The van der Waals surface area contributed by atoms with E-state index in [1.165, 1.54) is 6.33 Å². The molecule has 0 spiro atoms. The van der Waals surface area contributed by atoms with E-state index in [2.05, 4.69) is 19.9 Å². The largest absolute Gasteiger partial charge is 0.399 e. The molecule has 0 bridgehead atoms. The SMILES string of the molecule is Cc1cc(N)cc(C)c1S(=O)(=O)NCc1ncn[nH]1. The fraction of sp³-hybridized carbons (Fsp3) is 0.273. The second-order valence-corrected chi connectivity index (χ2v) is 5.94. The highest BCUT2D eigenvalue weighted by molar-refractivity contribution is 7.89. The third-order valence-electron chi connectivity index (χ3n) is 2.65. The summed E-state index contributed by atoms with van der Waals surface area (Å²) in [7, 11) is -3.61. The zero-order valence-corrected chi connectivity index (χ0v) is 11.5. The molecule has 0 aliphatic heterocycles. The minimum atomic E-state index is -3.61. The summed E-state index contributed by atoms with van der Waals surface area (Å²) < 4.78 is 27.0. The molecular weight excluding hydrogens is 266 g/mol. The Balaban J connectivity index is 2.29. The van der Waals surface area contributed by atoms with E-state index in [1.54, 1.807) is 26.0 Å². The van der Waals surface area contributed by atoms with Crippen LogP contribution in [0.5, 0.6) is 0 Å². The smallest absolute Gasteiger partial charge is 0.241 e. The van der Waals surface area contributed by atoms with Crippen LogP contribution < -0.4 is 10.5 Å². The van der Waals surface area contributed by atoms with Crippen LogP contribution in [0.3, 0.4) is 0 Å². The Morgan fingerprint density at radius 1 is 1.32 bits per heavy atom. The number of nitrogens with one attached hydrogen (secondary N) is 2. The first-order valence-corrected chi connectivity index (χ1v) is 7.09. The summed E-state index contributed by atoms with van der Waals surface area (Å²) >= 11 is 0. The Morgan fingerprint density at radius 2 is 1.95 bits per heavy atom. The zero-order valence-electron chi connectivity index (χ0n) is 10.6. The van der Waals surface area contributed by atoms with Gasteiger partial charge in [-0.2, -0.15) is 5.10 Å². The number of anilines is 1. The van der Waals surface area contributed by atoms with Gasteiger partial charge < -0.3 is 5.73 Å². The molecule has 0 radical (unpaired) electrons. The molecule has 4 N–H and O–H groups in total. The number of nitrogens with zero attached hydrogens (tertiary/aromatic N) is 2.